The highest BCUT2D eigenvalue weighted by molar-refractivity contribution is 7.91. The minimum Gasteiger partial charge on any atom is -0.393 e. The Morgan fingerprint density at radius 1 is 1.25 bits per heavy atom. The van der Waals surface area contributed by atoms with Crippen LogP contribution >= 0.6 is 0 Å². The van der Waals surface area contributed by atoms with Gasteiger partial charge in [0.05, 0.1) is 11.0 Å². The van der Waals surface area contributed by atoms with Crippen LogP contribution in [0.15, 0.2) is 29.2 Å². The quantitative estimate of drug-likeness (QED) is 0.875. The molecular formula is C13H17F2NO3S. The summed E-state index contributed by atoms with van der Waals surface area (Å²) in [5.74, 6) is -3.02. The summed E-state index contributed by atoms with van der Waals surface area (Å²) in [6, 6.07) is 5.29. The van der Waals surface area contributed by atoms with E-state index in [0.717, 1.165) is 19.3 Å². The molecule has 0 radical (unpaired) electrons. The van der Waals surface area contributed by atoms with Gasteiger partial charge in [-0.25, -0.2) is 8.42 Å². The maximum atomic E-state index is 12.4. The zero-order valence-electron chi connectivity index (χ0n) is 10.8. The molecule has 1 aliphatic rings. The average Bonchev–Trinajstić information content (AvgIpc) is 2.82. The van der Waals surface area contributed by atoms with E-state index in [9.17, 15) is 22.3 Å². The molecule has 1 aromatic carbocycles. The molecule has 0 amide bonds. The molecule has 0 heterocycles. The average molecular weight is 305 g/mol. The predicted molar refractivity (Wildman–Crippen MR) is 71.5 cm³/mol. The summed E-state index contributed by atoms with van der Waals surface area (Å²) in [6.45, 7) is 0.679. The van der Waals surface area contributed by atoms with E-state index in [4.69, 9.17) is 0 Å². The van der Waals surface area contributed by atoms with Crippen LogP contribution in [0.1, 0.15) is 19.3 Å². The molecule has 0 aromatic heterocycles. The number of alkyl halides is 2. The van der Waals surface area contributed by atoms with Crippen molar-refractivity contribution in [2.45, 2.75) is 36.0 Å². The topological polar surface area (TPSA) is 66.4 Å². The fraction of sp³-hybridized carbons (Fsp3) is 0.538. The highest BCUT2D eigenvalue weighted by Gasteiger charge is 2.26. The van der Waals surface area contributed by atoms with E-state index in [1.807, 2.05) is 0 Å². The Morgan fingerprint density at radius 3 is 2.40 bits per heavy atom. The number of anilines is 1. The van der Waals surface area contributed by atoms with E-state index in [1.54, 1.807) is 0 Å². The van der Waals surface area contributed by atoms with Crippen LogP contribution in [0, 0.1) is 5.92 Å². The molecule has 7 heteroatoms. The maximum absolute atomic E-state index is 12.4. The van der Waals surface area contributed by atoms with Gasteiger partial charge in [0.2, 0.25) is 9.84 Å². The van der Waals surface area contributed by atoms with Crippen LogP contribution in [0.5, 0.6) is 0 Å². The van der Waals surface area contributed by atoms with Gasteiger partial charge in [0, 0.05) is 12.2 Å². The third-order valence-electron chi connectivity index (χ3n) is 3.53. The Hall–Kier alpha value is -1.21. The van der Waals surface area contributed by atoms with Gasteiger partial charge < -0.3 is 10.4 Å². The number of aliphatic hydroxyl groups is 1. The summed E-state index contributed by atoms with van der Waals surface area (Å²) >= 11 is 0. The summed E-state index contributed by atoms with van der Waals surface area (Å²) in [5.41, 5.74) is 0.680. The first kappa shape index (κ1) is 15.2. The van der Waals surface area contributed by atoms with Crippen molar-refractivity contribution >= 4 is 15.5 Å². The molecule has 112 valence electrons. The van der Waals surface area contributed by atoms with Crippen molar-refractivity contribution in [3.8, 4) is 0 Å². The van der Waals surface area contributed by atoms with Gasteiger partial charge in [-0.15, -0.1) is 0 Å². The minimum atomic E-state index is -4.53. The van der Waals surface area contributed by atoms with Crippen LogP contribution in [0.25, 0.3) is 0 Å². The molecule has 0 aliphatic heterocycles. The zero-order chi connectivity index (χ0) is 14.8. The van der Waals surface area contributed by atoms with Gasteiger partial charge >= 0.3 is 5.76 Å². The van der Waals surface area contributed by atoms with Crippen molar-refractivity contribution < 1.29 is 22.3 Å². The number of hydrogen-bond acceptors (Lipinski definition) is 4. The number of aliphatic hydroxyl groups excluding tert-OH is 1. The number of sulfone groups is 1. The summed E-state index contributed by atoms with van der Waals surface area (Å²) in [7, 11) is -4.53. The molecule has 1 aromatic rings. The highest BCUT2D eigenvalue weighted by Crippen LogP contribution is 2.26. The fourth-order valence-electron chi connectivity index (χ4n) is 2.36. The van der Waals surface area contributed by atoms with Crippen LogP contribution in [-0.4, -0.2) is 31.9 Å². The highest BCUT2D eigenvalue weighted by atomic mass is 32.2. The van der Waals surface area contributed by atoms with E-state index < -0.39 is 15.6 Å². The molecule has 2 atom stereocenters. The third-order valence-corrected chi connectivity index (χ3v) is 4.92. The van der Waals surface area contributed by atoms with Gasteiger partial charge in [-0.05, 0) is 49.4 Å². The van der Waals surface area contributed by atoms with Crippen molar-refractivity contribution in [1.82, 2.24) is 0 Å². The van der Waals surface area contributed by atoms with Gasteiger partial charge in [0.25, 0.3) is 0 Å². The predicted octanol–water partition coefficient (Wildman–Crippen LogP) is 2.26. The Morgan fingerprint density at radius 2 is 1.90 bits per heavy atom. The Labute approximate surface area is 116 Å². The lowest BCUT2D eigenvalue weighted by Gasteiger charge is -2.12. The number of nitrogens with one attached hydrogen (secondary N) is 1. The fourth-order valence-corrected chi connectivity index (χ4v) is 3.08. The standard InChI is InChI=1S/C13H17F2NO3S/c14-13(15)20(18,19)12-5-2-10(3-6-12)16-8-9-1-4-11(17)7-9/h2-3,5-6,9,11,13,16-17H,1,4,7-8H2. The van der Waals surface area contributed by atoms with Crippen LogP contribution in [0.3, 0.4) is 0 Å². The Balaban J connectivity index is 1.95. The first-order valence-electron chi connectivity index (χ1n) is 6.43. The Bertz CT molecular complexity index is 545. The normalized spacial score (nSPS) is 23.2. The monoisotopic (exact) mass is 305 g/mol. The van der Waals surface area contributed by atoms with E-state index >= 15 is 0 Å². The summed E-state index contributed by atoms with van der Waals surface area (Å²) in [4.78, 5) is -0.380. The van der Waals surface area contributed by atoms with Gasteiger partial charge in [0.15, 0.2) is 0 Å². The zero-order valence-corrected chi connectivity index (χ0v) is 11.6. The van der Waals surface area contributed by atoms with Gasteiger partial charge in [-0.1, -0.05) is 0 Å². The minimum absolute atomic E-state index is 0.236. The van der Waals surface area contributed by atoms with Crippen LogP contribution < -0.4 is 5.32 Å². The van der Waals surface area contributed by atoms with Gasteiger partial charge in [-0.3, -0.25) is 0 Å². The van der Waals surface area contributed by atoms with Crippen LogP contribution in [-0.2, 0) is 9.84 Å². The summed E-state index contributed by atoms with van der Waals surface area (Å²) in [6.07, 6.45) is 2.27. The molecule has 1 saturated carbocycles. The van der Waals surface area contributed by atoms with E-state index in [-0.39, 0.29) is 11.0 Å². The molecule has 0 saturated heterocycles. The number of rotatable bonds is 5. The molecule has 2 N–H and O–H groups in total. The second-order valence-electron chi connectivity index (χ2n) is 5.04. The van der Waals surface area contributed by atoms with E-state index in [0.29, 0.717) is 18.2 Å². The van der Waals surface area contributed by atoms with Crippen molar-refractivity contribution in [2.75, 3.05) is 11.9 Å². The first-order chi connectivity index (χ1) is 9.39. The lowest BCUT2D eigenvalue weighted by atomic mass is 10.1. The van der Waals surface area contributed by atoms with Crippen LogP contribution in [0.4, 0.5) is 14.5 Å². The largest absolute Gasteiger partial charge is 0.393 e. The van der Waals surface area contributed by atoms with Crippen molar-refractivity contribution in [1.29, 1.82) is 0 Å². The van der Waals surface area contributed by atoms with Crippen LogP contribution in [0.2, 0.25) is 0 Å². The third kappa shape index (κ3) is 3.46. The van der Waals surface area contributed by atoms with Crippen molar-refractivity contribution in [3.05, 3.63) is 24.3 Å². The molecule has 2 rings (SSSR count). The molecule has 4 nitrogen and oxygen atoms in total. The lowest BCUT2D eigenvalue weighted by Crippen LogP contribution is -2.13. The molecule has 0 spiro atoms. The molecular weight excluding hydrogens is 288 g/mol. The van der Waals surface area contributed by atoms with E-state index in [2.05, 4.69) is 5.32 Å². The maximum Gasteiger partial charge on any atom is 0.341 e. The lowest BCUT2D eigenvalue weighted by molar-refractivity contribution is 0.178. The van der Waals surface area contributed by atoms with Gasteiger partial charge in [0.1, 0.15) is 0 Å². The summed E-state index contributed by atoms with van der Waals surface area (Å²) in [5, 5.41) is 12.5. The smallest absolute Gasteiger partial charge is 0.341 e. The van der Waals surface area contributed by atoms with Crippen molar-refractivity contribution in [3.63, 3.8) is 0 Å². The molecule has 20 heavy (non-hydrogen) atoms. The number of halogens is 2. The first-order valence-corrected chi connectivity index (χ1v) is 7.98. The molecule has 1 aliphatic carbocycles. The van der Waals surface area contributed by atoms with Gasteiger partial charge in [-0.2, -0.15) is 8.78 Å². The summed E-state index contributed by atoms with van der Waals surface area (Å²) < 4.78 is 47.2. The molecule has 2 unspecified atom stereocenters. The van der Waals surface area contributed by atoms with E-state index in [1.165, 1.54) is 24.3 Å². The SMILES string of the molecule is O=S(=O)(c1ccc(NCC2CCC(O)C2)cc1)C(F)F. The number of benzene rings is 1. The molecule has 1 fully saturated rings. The second kappa shape index (κ2) is 6.05. The van der Waals surface area contributed by atoms with Crippen molar-refractivity contribution in [2.24, 2.45) is 5.92 Å². The number of hydrogen-bond donors (Lipinski definition) is 2. The molecule has 0 bridgehead atoms. The Kier molecular flexibility index (Phi) is 4.59. The second-order valence-corrected chi connectivity index (χ2v) is 6.96.